The lowest BCUT2D eigenvalue weighted by atomic mass is 10.1. The van der Waals surface area contributed by atoms with Crippen molar-refractivity contribution >= 4 is 23.6 Å². The number of aromatic nitrogens is 1. The van der Waals surface area contributed by atoms with Crippen molar-refractivity contribution in [3.63, 3.8) is 0 Å². The lowest BCUT2D eigenvalue weighted by Crippen LogP contribution is -2.25. The number of hydrogen-bond donors (Lipinski definition) is 1. The van der Waals surface area contributed by atoms with Gasteiger partial charge in [-0.15, -0.1) is 0 Å². The Balaban J connectivity index is 1.78. The van der Waals surface area contributed by atoms with Crippen molar-refractivity contribution < 1.29 is 19.1 Å². The predicted molar refractivity (Wildman–Crippen MR) is 115 cm³/mol. The second-order valence-electron chi connectivity index (χ2n) is 6.23. The molecular formula is C24H22N2O4. The first-order valence-electron chi connectivity index (χ1n) is 9.54. The van der Waals surface area contributed by atoms with Gasteiger partial charge in [0.2, 0.25) is 6.10 Å². The molecule has 0 spiro atoms. The van der Waals surface area contributed by atoms with Crippen LogP contribution in [-0.2, 0) is 14.3 Å². The summed E-state index contributed by atoms with van der Waals surface area (Å²) in [7, 11) is 0. The Hall–Kier alpha value is -3.93. The van der Waals surface area contributed by atoms with E-state index in [1.165, 1.54) is 12.2 Å². The molecule has 0 bridgehead atoms. The first-order chi connectivity index (χ1) is 14.7. The van der Waals surface area contributed by atoms with Crippen LogP contribution in [0, 0.1) is 0 Å². The predicted octanol–water partition coefficient (Wildman–Crippen LogP) is 4.42. The van der Waals surface area contributed by atoms with Crippen LogP contribution in [0.15, 0.2) is 85.1 Å². The van der Waals surface area contributed by atoms with Gasteiger partial charge in [0.25, 0.3) is 5.91 Å². The van der Waals surface area contributed by atoms with E-state index in [-0.39, 0.29) is 0 Å². The first-order valence-corrected chi connectivity index (χ1v) is 9.54. The van der Waals surface area contributed by atoms with E-state index in [0.29, 0.717) is 29.3 Å². The molecule has 30 heavy (non-hydrogen) atoms. The zero-order valence-corrected chi connectivity index (χ0v) is 16.5. The van der Waals surface area contributed by atoms with E-state index in [4.69, 9.17) is 9.47 Å². The third kappa shape index (κ3) is 5.78. The van der Waals surface area contributed by atoms with Crippen LogP contribution in [0.25, 0.3) is 6.08 Å². The Labute approximate surface area is 175 Å². The number of carbonyl (C=O) groups is 2. The fraction of sp³-hybridized carbons (Fsp3) is 0.125. The Morgan fingerprint density at radius 3 is 2.47 bits per heavy atom. The molecule has 0 aliphatic rings. The topological polar surface area (TPSA) is 77.5 Å². The normalized spacial score (nSPS) is 11.6. The van der Waals surface area contributed by atoms with Crippen LogP contribution in [0.1, 0.15) is 24.3 Å². The van der Waals surface area contributed by atoms with Crippen LogP contribution in [0.4, 0.5) is 5.69 Å². The summed E-state index contributed by atoms with van der Waals surface area (Å²) in [6, 6.07) is 21.3. The van der Waals surface area contributed by atoms with Gasteiger partial charge in [0.15, 0.2) is 0 Å². The van der Waals surface area contributed by atoms with Gasteiger partial charge in [-0.25, -0.2) is 4.79 Å². The van der Waals surface area contributed by atoms with Gasteiger partial charge < -0.3 is 14.8 Å². The molecule has 0 saturated carbocycles. The second kappa shape index (κ2) is 10.6. The number of anilines is 1. The van der Waals surface area contributed by atoms with Crippen molar-refractivity contribution in [2.24, 2.45) is 0 Å². The molecule has 0 saturated heterocycles. The van der Waals surface area contributed by atoms with Gasteiger partial charge in [-0.05, 0) is 37.3 Å². The maximum atomic E-state index is 13.0. The van der Waals surface area contributed by atoms with Crippen molar-refractivity contribution in [2.75, 3.05) is 11.9 Å². The minimum absolute atomic E-state index is 0.461. The van der Waals surface area contributed by atoms with Crippen LogP contribution in [0.5, 0.6) is 5.75 Å². The minimum Gasteiger partial charge on any atom is -0.492 e. The van der Waals surface area contributed by atoms with E-state index in [1.807, 2.05) is 25.1 Å². The molecule has 0 aliphatic carbocycles. The lowest BCUT2D eigenvalue weighted by molar-refractivity contribution is -0.149. The number of para-hydroxylation sites is 2. The number of rotatable bonds is 8. The average molecular weight is 402 g/mol. The van der Waals surface area contributed by atoms with Crippen molar-refractivity contribution in [3.8, 4) is 5.75 Å². The lowest BCUT2D eigenvalue weighted by Gasteiger charge is -2.18. The Bertz CT molecular complexity index is 1000. The Morgan fingerprint density at radius 2 is 1.73 bits per heavy atom. The third-order valence-electron chi connectivity index (χ3n) is 4.10. The summed E-state index contributed by atoms with van der Waals surface area (Å²) in [5.41, 5.74) is 1.68. The molecule has 1 amide bonds. The monoisotopic (exact) mass is 402 g/mol. The van der Waals surface area contributed by atoms with Gasteiger partial charge in [0.05, 0.1) is 18.0 Å². The maximum Gasteiger partial charge on any atom is 0.331 e. The standard InChI is InChI=1S/C24H22N2O4/c1-2-29-21-14-7-6-13-20(21)26-24(28)23(18-10-4-3-5-11-18)30-22(27)16-15-19-12-8-9-17-25-19/h3-17,23H,2H2,1H3,(H,26,28)/b16-15+/t23-/m0/s1. The molecule has 6 nitrogen and oxygen atoms in total. The van der Waals surface area contributed by atoms with Crippen molar-refractivity contribution in [2.45, 2.75) is 13.0 Å². The van der Waals surface area contributed by atoms with Crippen molar-refractivity contribution in [1.82, 2.24) is 4.98 Å². The Morgan fingerprint density at radius 1 is 1.00 bits per heavy atom. The minimum atomic E-state index is -1.12. The number of pyridine rings is 1. The summed E-state index contributed by atoms with van der Waals surface area (Å²) in [6.07, 6.45) is 3.29. The van der Waals surface area contributed by atoms with Crippen LogP contribution >= 0.6 is 0 Å². The molecule has 0 radical (unpaired) electrons. The first kappa shape index (κ1) is 20.8. The zero-order chi connectivity index (χ0) is 21.2. The number of carbonyl (C=O) groups excluding carboxylic acids is 2. The molecule has 1 aromatic heterocycles. The Kier molecular flexibility index (Phi) is 7.33. The molecule has 3 aromatic rings. The quantitative estimate of drug-likeness (QED) is 0.446. The van der Waals surface area contributed by atoms with Gasteiger partial charge >= 0.3 is 5.97 Å². The number of nitrogens with zero attached hydrogens (tertiary/aromatic N) is 1. The summed E-state index contributed by atoms with van der Waals surface area (Å²) in [5.74, 6) is -0.586. The fourth-order valence-electron chi connectivity index (χ4n) is 2.73. The van der Waals surface area contributed by atoms with E-state index in [1.54, 1.807) is 60.8 Å². The number of hydrogen-bond acceptors (Lipinski definition) is 5. The number of benzene rings is 2. The largest absolute Gasteiger partial charge is 0.492 e. The maximum absolute atomic E-state index is 13.0. The van der Waals surface area contributed by atoms with Gasteiger partial charge in [0.1, 0.15) is 5.75 Å². The highest BCUT2D eigenvalue weighted by Crippen LogP contribution is 2.26. The van der Waals surface area contributed by atoms with Gasteiger partial charge in [-0.1, -0.05) is 48.5 Å². The van der Waals surface area contributed by atoms with Crippen molar-refractivity contribution in [1.29, 1.82) is 0 Å². The average Bonchev–Trinajstić information content (AvgIpc) is 2.79. The van der Waals surface area contributed by atoms with Gasteiger partial charge in [-0.2, -0.15) is 0 Å². The smallest absolute Gasteiger partial charge is 0.331 e. The molecular weight excluding hydrogens is 380 g/mol. The fourth-order valence-corrected chi connectivity index (χ4v) is 2.73. The van der Waals surface area contributed by atoms with Crippen LogP contribution < -0.4 is 10.1 Å². The number of esters is 1. The summed E-state index contributed by atoms with van der Waals surface area (Å²) < 4.78 is 11.0. The highest BCUT2D eigenvalue weighted by Gasteiger charge is 2.25. The van der Waals surface area contributed by atoms with Crippen molar-refractivity contribution in [3.05, 3.63) is 96.3 Å². The second-order valence-corrected chi connectivity index (χ2v) is 6.23. The van der Waals surface area contributed by atoms with E-state index in [0.717, 1.165) is 0 Å². The summed E-state index contributed by atoms with van der Waals surface area (Å²) >= 11 is 0. The molecule has 0 fully saturated rings. The van der Waals surface area contributed by atoms with Gasteiger partial charge in [-0.3, -0.25) is 9.78 Å². The zero-order valence-electron chi connectivity index (χ0n) is 16.5. The number of nitrogens with one attached hydrogen (secondary N) is 1. The molecule has 1 N–H and O–H groups in total. The van der Waals surface area contributed by atoms with E-state index >= 15 is 0 Å². The summed E-state index contributed by atoms with van der Waals surface area (Å²) in [4.78, 5) is 29.5. The molecule has 152 valence electrons. The highest BCUT2D eigenvalue weighted by molar-refractivity contribution is 5.98. The van der Waals surface area contributed by atoms with E-state index < -0.39 is 18.0 Å². The molecule has 3 rings (SSSR count). The van der Waals surface area contributed by atoms with E-state index in [9.17, 15) is 9.59 Å². The van der Waals surface area contributed by atoms with Gasteiger partial charge in [0, 0.05) is 17.8 Å². The number of ether oxygens (including phenoxy) is 2. The summed E-state index contributed by atoms with van der Waals surface area (Å²) in [5, 5.41) is 2.80. The third-order valence-corrected chi connectivity index (χ3v) is 4.10. The van der Waals surface area contributed by atoms with E-state index in [2.05, 4.69) is 10.3 Å². The molecule has 1 atom stereocenters. The number of amides is 1. The summed E-state index contributed by atoms with van der Waals surface area (Å²) in [6.45, 7) is 2.32. The van der Waals surface area contributed by atoms with Crippen LogP contribution in [-0.4, -0.2) is 23.5 Å². The molecule has 0 unspecified atom stereocenters. The SMILES string of the molecule is CCOc1ccccc1NC(=O)[C@@H](OC(=O)/C=C/c1ccccn1)c1ccccc1. The molecule has 2 aromatic carbocycles. The van der Waals surface area contributed by atoms with Crippen LogP contribution in [0.2, 0.25) is 0 Å². The molecule has 1 heterocycles. The molecule has 6 heteroatoms. The molecule has 0 aliphatic heterocycles. The van der Waals surface area contributed by atoms with Crippen LogP contribution in [0.3, 0.4) is 0 Å². The highest BCUT2D eigenvalue weighted by atomic mass is 16.5.